The lowest BCUT2D eigenvalue weighted by molar-refractivity contribution is -0.122. The first-order chi connectivity index (χ1) is 16.7. The number of hydrogen-bond donors (Lipinski definition) is 1. The molecule has 0 amide bonds. The van der Waals surface area contributed by atoms with Gasteiger partial charge in [0.25, 0.3) is 6.47 Å². The van der Waals surface area contributed by atoms with Crippen LogP contribution >= 0.6 is 0 Å². The molecule has 188 valence electrons. The van der Waals surface area contributed by atoms with Gasteiger partial charge in [-0.15, -0.1) is 0 Å². The summed E-state index contributed by atoms with van der Waals surface area (Å²) < 4.78 is 0. The van der Waals surface area contributed by atoms with E-state index in [1.807, 2.05) is 0 Å². The highest BCUT2D eigenvalue weighted by Gasteiger charge is 2.21. The second-order valence-corrected chi connectivity index (χ2v) is 9.81. The average molecular weight is 466 g/mol. The third kappa shape index (κ3) is 10.9. The molecule has 1 aliphatic heterocycles. The lowest BCUT2D eigenvalue weighted by atomic mass is 9.95. The highest BCUT2D eigenvalue weighted by molar-refractivity contribution is 5.32. The fourth-order valence-electron chi connectivity index (χ4n) is 5.07. The van der Waals surface area contributed by atoms with E-state index in [0.29, 0.717) is 0 Å². The highest BCUT2D eigenvalue weighted by Crippen LogP contribution is 2.24. The van der Waals surface area contributed by atoms with Gasteiger partial charge in [0.2, 0.25) is 0 Å². The molecule has 0 bridgehead atoms. The smallest absolute Gasteiger partial charge is 0.290 e. The zero-order valence-electron chi connectivity index (χ0n) is 21.7. The number of nitrogens with zero attached hydrogens (tertiary/aromatic N) is 1. The molecule has 1 atom stereocenters. The van der Waals surface area contributed by atoms with Crippen molar-refractivity contribution in [3.8, 4) is 0 Å². The van der Waals surface area contributed by atoms with E-state index in [0.717, 1.165) is 25.4 Å². The van der Waals surface area contributed by atoms with E-state index in [1.54, 1.807) is 0 Å². The van der Waals surface area contributed by atoms with Gasteiger partial charge in [-0.05, 0) is 67.3 Å². The lowest BCUT2D eigenvalue weighted by Crippen LogP contribution is -2.38. The van der Waals surface area contributed by atoms with Gasteiger partial charge in [-0.2, -0.15) is 0 Å². The van der Waals surface area contributed by atoms with Gasteiger partial charge in [-0.3, -0.25) is 9.69 Å². The van der Waals surface area contributed by atoms with Crippen molar-refractivity contribution in [2.75, 3.05) is 6.54 Å². The highest BCUT2D eigenvalue weighted by atomic mass is 16.3. The molecular formula is C31H47NO2. The van der Waals surface area contributed by atoms with Crippen molar-refractivity contribution in [2.24, 2.45) is 0 Å². The van der Waals surface area contributed by atoms with E-state index in [1.165, 1.54) is 99.4 Å². The summed E-state index contributed by atoms with van der Waals surface area (Å²) in [6.07, 6.45) is 17.3. The Bertz CT molecular complexity index is 769. The molecule has 1 aliphatic rings. The van der Waals surface area contributed by atoms with Gasteiger partial charge in [0.1, 0.15) is 0 Å². The predicted molar refractivity (Wildman–Crippen MR) is 144 cm³/mol. The Morgan fingerprint density at radius 3 is 1.85 bits per heavy atom. The van der Waals surface area contributed by atoms with Gasteiger partial charge in [-0.1, -0.05) is 107 Å². The van der Waals surface area contributed by atoms with Crippen LogP contribution in [0.2, 0.25) is 0 Å². The molecule has 1 unspecified atom stereocenters. The summed E-state index contributed by atoms with van der Waals surface area (Å²) in [7, 11) is 0. The Morgan fingerprint density at radius 1 is 0.765 bits per heavy atom. The number of carboxylic acid groups (broad SMARTS) is 1. The molecule has 3 rings (SSSR count). The summed E-state index contributed by atoms with van der Waals surface area (Å²) in [6, 6.07) is 19.6. The molecule has 1 saturated heterocycles. The zero-order chi connectivity index (χ0) is 24.4. The maximum Gasteiger partial charge on any atom is 0.290 e. The Hall–Kier alpha value is -2.13. The van der Waals surface area contributed by atoms with Crippen LogP contribution in [0.4, 0.5) is 0 Å². The minimum Gasteiger partial charge on any atom is -0.483 e. The normalized spacial score (nSPS) is 16.0. The number of unbranched alkanes of at least 4 members (excludes halogenated alkanes) is 4. The third-order valence-electron chi connectivity index (χ3n) is 7.06. The number of hydrogen-bond acceptors (Lipinski definition) is 2. The van der Waals surface area contributed by atoms with Crippen LogP contribution in [0.5, 0.6) is 0 Å². The quantitative estimate of drug-likeness (QED) is 0.242. The minimum atomic E-state index is -0.250. The van der Waals surface area contributed by atoms with Crippen molar-refractivity contribution < 1.29 is 9.90 Å². The fraction of sp³-hybridized carbons (Fsp3) is 0.581. The number of benzene rings is 2. The molecule has 0 aliphatic carbocycles. The number of piperidine rings is 1. The monoisotopic (exact) mass is 465 g/mol. The Labute approximate surface area is 208 Å². The molecule has 3 nitrogen and oxygen atoms in total. The van der Waals surface area contributed by atoms with Crippen molar-refractivity contribution in [1.29, 1.82) is 0 Å². The van der Waals surface area contributed by atoms with E-state index in [4.69, 9.17) is 9.90 Å². The maximum absolute atomic E-state index is 8.36. The van der Waals surface area contributed by atoms with Crippen LogP contribution in [0.25, 0.3) is 0 Å². The van der Waals surface area contributed by atoms with Gasteiger partial charge in [0.05, 0.1) is 0 Å². The number of aryl methyl sites for hydroxylation is 3. The van der Waals surface area contributed by atoms with Crippen LogP contribution in [0.3, 0.4) is 0 Å². The van der Waals surface area contributed by atoms with E-state index in [9.17, 15) is 0 Å². The molecule has 1 N–H and O–H groups in total. The molecule has 2 aromatic rings. The standard InChI is InChI=1S/C30H45N.CH2O2/c1-3-5-6-7-8-12-30-13-9-10-24-31(30)25-29-22-20-28(21-23-29)19-18-27-16-14-26(11-4-2)15-17-27;2-1-3/h14-17,20-23,30H,3-13,18-19,24-25H2,1-2H3;1H,(H,2,3). The minimum absolute atomic E-state index is 0.250. The van der Waals surface area contributed by atoms with Crippen molar-refractivity contribution in [3.63, 3.8) is 0 Å². The van der Waals surface area contributed by atoms with Gasteiger partial charge >= 0.3 is 0 Å². The van der Waals surface area contributed by atoms with Crippen LogP contribution < -0.4 is 0 Å². The van der Waals surface area contributed by atoms with Crippen LogP contribution in [-0.4, -0.2) is 29.1 Å². The SMILES string of the molecule is CCCCCCCC1CCCCN1Cc1ccc(CCc2ccc(CCC)cc2)cc1.O=CO. The first kappa shape index (κ1) is 28.1. The van der Waals surface area contributed by atoms with E-state index in [2.05, 4.69) is 67.3 Å². The van der Waals surface area contributed by atoms with E-state index < -0.39 is 0 Å². The van der Waals surface area contributed by atoms with Gasteiger partial charge in [-0.25, -0.2) is 0 Å². The average Bonchev–Trinajstić information content (AvgIpc) is 2.86. The lowest BCUT2D eigenvalue weighted by Gasteiger charge is -2.36. The van der Waals surface area contributed by atoms with Crippen LogP contribution in [0.15, 0.2) is 48.5 Å². The molecule has 0 spiro atoms. The Balaban J connectivity index is 0.00000129. The van der Waals surface area contributed by atoms with Crippen molar-refractivity contribution in [2.45, 2.75) is 110 Å². The van der Waals surface area contributed by atoms with E-state index in [-0.39, 0.29) is 6.47 Å². The third-order valence-corrected chi connectivity index (χ3v) is 7.06. The zero-order valence-corrected chi connectivity index (χ0v) is 21.7. The molecule has 0 saturated carbocycles. The Kier molecular flexibility index (Phi) is 14.3. The predicted octanol–water partition coefficient (Wildman–Crippen LogP) is 7.84. The summed E-state index contributed by atoms with van der Waals surface area (Å²) in [5.74, 6) is 0. The van der Waals surface area contributed by atoms with Crippen molar-refractivity contribution in [1.82, 2.24) is 4.90 Å². The molecular weight excluding hydrogens is 418 g/mol. The van der Waals surface area contributed by atoms with Crippen LogP contribution in [-0.2, 0) is 30.6 Å². The molecule has 0 aromatic heterocycles. The first-order valence-corrected chi connectivity index (χ1v) is 13.7. The molecule has 3 heteroatoms. The van der Waals surface area contributed by atoms with Crippen LogP contribution in [0, 0.1) is 0 Å². The summed E-state index contributed by atoms with van der Waals surface area (Å²) in [6.45, 7) is 6.73. The summed E-state index contributed by atoms with van der Waals surface area (Å²) in [4.78, 5) is 11.1. The molecule has 1 fully saturated rings. The summed E-state index contributed by atoms with van der Waals surface area (Å²) in [5, 5.41) is 6.89. The Morgan fingerprint density at radius 2 is 1.29 bits per heavy atom. The van der Waals surface area contributed by atoms with Crippen molar-refractivity contribution in [3.05, 3.63) is 70.8 Å². The van der Waals surface area contributed by atoms with Gasteiger partial charge in [0, 0.05) is 12.6 Å². The van der Waals surface area contributed by atoms with Gasteiger partial charge < -0.3 is 5.11 Å². The van der Waals surface area contributed by atoms with Gasteiger partial charge in [0.15, 0.2) is 0 Å². The molecule has 2 aromatic carbocycles. The molecule has 0 radical (unpaired) electrons. The second-order valence-electron chi connectivity index (χ2n) is 9.81. The van der Waals surface area contributed by atoms with Crippen molar-refractivity contribution >= 4 is 6.47 Å². The first-order valence-electron chi connectivity index (χ1n) is 13.7. The number of likely N-dealkylation sites (tertiary alicyclic amines) is 1. The topological polar surface area (TPSA) is 40.5 Å². The summed E-state index contributed by atoms with van der Waals surface area (Å²) in [5.41, 5.74) is 5.88. The number of rotatable bonds is 13. The number of carbonyl (C=O) groups is 1. The molecule has 34 heavy (non-hydrogen) atoms. The fourth-order valence-corrected chi connectivity index (χ4v) is 5.07. The molecule has 1 heterocycles. The van der Waals surface area contributed by atoms with Crippen LogP contribution in [0.1, 0.15) is 100 Å². The summed E-state index contributed by atoms with van der Waals surface area (Å²) >= 11 is 0. The maximum atomic E-state index is 8.36. The second kappa shape index (κ2) is 17.3. The largest absolute Gasteiger partial charge is 0.483 e. The van der Waals surface area contributed by atoms with E-state index >= 15 is 0 Å².